The Morgan fingerprint density at radius 1 is 1.62 bits per heavy atom. The van der Waals surface area contributed by atoms with Crippen molar-refractivity contribution in [1.29, 1.82) is 0 Å². The Hall–Kier alpha value is -1.21. The molecule has 1 aromatic rings. The van der Waals surface area contributed by atoms with E-state index in [1.165, 1.54) is 12.1 Å². The molecule has 0 heterocycles. The predicted octanol–water partition coefficient (Wildman–Crippen LogP) is 2.08. The van der Waals surface area contributed by atoms with Crippen molar-refractivity contribution in [3.8, 4) is 0 Å². The zero-order chi connectivity index (χ0) is 12.1. The van der Waals surface area contributed by atoms with Gasteiger partial charge < -0.3 is 5.32 Å². The average molecular weight is 260 g/mol. The lowest BCUT2D eigenvalue weighted by Gasteiger charge is -2.04. The highest BCUT2D eigenvalue weighted by Gasteiger charge is 2.10. The highest BCUT2D eigenvalue weighted by molar-refractivity contribution is 8.11. The number of nitro groups is 1. The lowest BCUT2D eigenvalue weighted by atomic mass is 10.1. The number of non-ortho nitro benzene ring substituents is 1. The number of hydrogen-bond acceptors (Lipinski definition) is 3. The first-order valence-corrected chi connectivity index (χ1v) is 5.26. The van der Waals surface area contributed by atoms with Crippen molar-refractivity contribution >= 4 is 34.9 Å². The van der Waals surface area contributed by atoms with Gasteiger partial charge in [-0.2, -0.15) is 0 Å². The van der Waals surface area contributed by atoms with Crippen molar-refractivity contribution in [3.63, 3.8) is 0 Å². The van der Waals surface area contributed by atoms with Gasteiger partial charge in [0.05, 0.1) is 11.0 Å². The Kier molecular flexibility index (Phi) is 4.63. The molecular weight excluding hydrogens is 251 g/mol. The van der Waals surface area contributed by atoms with Gasteiger partial charge in [0.2, 0.25) is 0 Å². The molecule has 0 aliphatic carbocycles. The molecule has 0 aliphatic heterocycles. The van der Waals surface area contributed by atoms with Gasteiger partial charge in [0.25, 0.3) is 5.69 Å². The van der Waals surface area contributed by atoms with Crippen LogP contribution in [-0.4, -0.2) is 15.8 Å². The lowest BCUT2D eigenvalue weighted by Crippen LogP contribution is -2.19. The maximum atomic E-state index is 13.4. The number of nitro benzene ring substituents is 1. The standard InChI is InChI=1S/C9H9FN2O2S2/c10-8-5-7(12(13)14)2-1-6(8)3-4-11-9(15)16/h1-2,5H,3-4H2,(H2,11,15,16). The first kappa shape index (κ1) is 12.9. The van der Waals surface area contributed by atoms with E-state index in [9.17, 15) is 14.5 Å². The summed E-state index contributed by atoms with van der Waals surface area (Å²) in [6, 6.07) is 3.59. The minimum atomic E-state index is -0.631. The number of halogens is 1. The zero-order valence-electron chi connectivity index (χ0n) is 8.14. The van der Waals surface area contributed by atoms with Crippen molar-refractivity contribution in [2.45, 2.75) is 6.42 Å². The fraction of sp³-hybridized carbons (Fsp3) is 0.222. The van der Waals surface area contributed by atoms with E-state index in [4.69, 9.17) is 0 Å². The smallest absolute Gasteiger partial charge is 0.272 e. The summed E-state index contributed by atoms with van der Waals surface area (Å²) >= 11 is 8.52. The molecule has 0 spiro atoms. The van der Waals surface area contributed by atoms with Crippen LogP contribution < -0.4 is 5.32 Å². The summed E-state index contributed by atoms with van der Waals surface area (Å²) in [6.07, 6.45) is 0.393. The molecule has 0 aliphatic rings. The normalized spacial score (nSPS) is 9.88. The maximum absolute atomic E-state index is 13.4. The molecule has 0 aromatic heterocycles. The average Bonchev–Trinajstić information content (AvgIpc) is 2.19. The van der Waals surface area contributed by atoms with Gasteiger partial charge >= 0.3 is 0 Å². The Labute approximate surface area is 102 Å². The van der Waals surface area contributed by atoms with Crippen LogP contribution in [0.5, 0.6) is 0 Å². The fourth-order valence-corrected chi connectivity index (χ4v) is 1.37. The van der Waals surface area contributed by atoms with E-state index in [2.05, 4.69) is 30.2 Å². The van der Waals surface area contributed by atoms with Gasteiger partial charge in [-0.05, 0) is 18.1 Å². The van der Waals surface area contributed by atoms with Crippen molar-refractivity contribution in [2.75, 3.05) is 6.54 Å². The van der Waals surface area contributed by atoms with Gasteiger partial charge in [-0.3, -0.25) is 10.1 Å². The topological polar surface area (TPSA) is 55.2 Å². The SMILES string of the molecule is O=[N+]([O-])c1ccc(CCNC(=S)S)c(F)c1. The van der Waals surface area contributed by atoms with E-state index < -0.39 is 10.7 Å². The van der Waals surface area contributed by atoms with Gasteiger partial charge in [0.1, 0.15) is 10.1 Å². The molecule has 0 unspecified atom stereocenters. The first-order valence-electron chi connectivity index (χ1n) is 4.40. The highest BCUT2D eigenvalue weighted by atomic mass is 32.1. The number of nitrogens with one attached hydrogen (secondary N) is 1. The molecule has 0 atom stereocenters. The summed E-state index contributed by atoms with van der Waals surface area (Å²) in [5.74, 6) is -0.582. The second-order valence-corrected chi connectivity index (χ2v) is 4.17. The number of benzene rings is 1. The summed E-state index contributed by atoms with van der Waals surface area (Å²) in [6.45, 7) is 0.442. The number of hydrogen-bond donors (Lipinski definition) is 2. The van der Waals surface area contributed by atoms with Gasteiger partial charge in [-0.15, -0.1) is 12.6 Å². The van der Waals surface area contributed by atoms with E-state index in [1.54, 1.807) is 0 Å². The van der Waals surface area contributed by atoms with Crippen LogP contribution in [0, 0.1) is 15.9 Å². The maximum Gasteiger partial charge on any atom is 0.272 e. The molecule has 0 saturated carbocycles. The molecule has 0 amide bonds. The van der Waals surface area contributed by atoms with Crippen molar-refractivity contribution in [2.24, 2.45) is 0 Å². The van der Waals surface area contributed by atoms with Gasteiger partial charge in [0.15, 0.2) is 0 Å². The lowest BCUT2D eigenvalue weighted by molar-refractivity contribution is -0.385. The number of rotatable bonds is 4. The van der Waals surface area contributed by atoms with Crippen LogP contribution in [0.4, 0.5) is 10.1 Å². The number of thiol groups is 1. The summed E-state index contributed by atoms with van der Waals surface area (Å²) in [5, 5.41) is 13.1. The number of nitrogens with zero attached hydrogens (tertiary/aromatic N) is 1. The van der Waals surface area contributed by atoms with E-state index in [0.717, 1.165) is 6.07 Å². The molecule has 0 radical (unpaired) electrons. The molecule has 0 saturated heterocycles. The van der Waals surface area contributed by atoms with Crippen LogP contribution in [0.15, 0.2) is 18.2 Å². The quantitative estimate of drug-likeness (QED) is 0.377. The Balaban J connectivity index is 2.68. The second kappa shape index (κ2) is 5.76. The summed E-state index contributed by atoms with van der Waals surface area (Å²) in [4.78, 5) is 9.74. The third-order valence-electron chi connectivity index (χ3n) is 1.92. The largest absolute Gasteiger partial charge is 0.371 e. The number of thiocarbonyl (C=S) groups is 1. The monoisotopic (exact) mass is 260 g/mol. The van der Waals surface area contributed by atoms with Crippen molar-refractivity contribution in [1.82, 2.24) is 5.32 Å². The van der Waals surface area contributed by atoms with Crippen molar-refractivity contribution in [3.05, 3.63) is 39.7 Å². The van der Waals surface area contributed by atoms with Crippen LogP contribution in [0.25, 0.3) is 0 Å². The van der Waals surface area contributed by atoms with Crippen LogP contribution in [0.2, 0.25) is 0 Å². The first-order chi connectivity index (χ1) is 7.50. The second-order valence-electron chi connectivity index (χ2n) is 3.01. The molecule has 7 heteroatoms. The molecule has 0 bridgehead atoms. The third-order valence-corrected chi connectivity index (χ3v) is 2.22. The molecular formula is C9H9FN2O2S2. The van der Waals surface area contributed by atoms with Gasteiger partial charge in [0, 0.05) is 12.6 Å². The van der Waals surface area contributed by atoms with Gasteiger partial charge in [-0.25, -0.2) is 4.39 Å². The van der Waals surface area contributed by atoms with E-state index in [1.807, 2.05) is 0 Å². The Morgan fingerprint density at radius 2 is 2.31 bits per heavy atom. The molecule has 1 aromatic carbocycles. The Morgan fingerprint density at radius 3 is 2.81 bits per heavy atom. The van der Waals surface area contributed by atoms with E-state index in [0.29, 0.717) is 22.8 Å². The highest BCUT2D eigenvalue weighted by Crippen LogP contribution is 2.16. The minimum absolute atomic E-state index is 0.251. The predicted molar refractivity (Wildman–Crippen MR) is 66.3 cm³/mol. The minimum Gasteiger partial charge on any atom is -0.371 e. The summed E-state index contributed by atoms with van der Waals surface area (Å²) in [5.41, 5.74) is 0.154. The van der Waals surface area contributed by atoms with Crippen LogP contribution in [-0.2, 0) is 6.42 Å². The van der Waals surface area contributed by atoms with Crippen LogP contribution >= 0.6 is 24.8 Å². The molecule has 1 rings (SSSR count). The summed E-state index contributed by atoms with van der Waals surface area (Å²) < 4.78 is 13.7. The molecule has 4 nitrogen and oxygen atoms in total. The molecule has 86 valence electrons. The van der Waals surface area contributed by atoms with E-state index >= 15 is 0 Å². The van der Waals surface area contributed by atoms with E-state index in [-0.39, 0.29) is 5.69 Å². The molecule has 0 fully saturated rings. The van der Waals surface area contributed by atoms with Crippen LogP contribution in [0.3, 0.4) is 0 Å². The Bertz CT molecular complexity index is 426. The fourth-order valence-electron chi connectivity index (χ4n) is 1.16. The van der Waals surface area contributed by atoms with Crippen molar-refractivity contribution < 1.29 is 9.31 Å². The van der Waals surface area contributed by atoms with Crippen LogP contribution in [0.1, 0.15) is 5.56 Å². The third kappa shape index (κ3) is 3.74. The molecule has 1 N–H and O–H groups in total. The molecule has 16 heavy (non-hydrogen) atoms. The summed E-state index contributed by atoms with van der Waals surface area (Å²) in [7, 11) is 0. The zero-order valence-corrected chi connectivity index (χ0v) is 9.85. The van der Waals surface area contributed by atoms with Gasteiger partial charge in [-0.1, -0.05) is 12.2 Å².